The van der Waals surface area contributed by atoms with Gasteiger partial charge in [0.2, 0.25) is 0 Å². The third-order valence-electron chi connectivity index (χ3n) is 3.18. The summed E-state index contributed by atoms with van der Waals surface area (Å²) in [5.74, 6) is 0.487. The lowest BCUT2D eigenvalue weighted by atomic mass is 9.94. The standard InChI is InChI=1S/C12H17IN4/c1-2-5-15-12(8-14,10-3-4-10)9-17-7-11(13)6-16-17/h6-7,10,15H,2-5,9H2,1H3. The van der Waals surface area contributed by atoms with Crippen LogP contribution < -0.4 is 5.32 Å². The van der Waals surface area contributed by atoms with Gasteiger partial charge < -0.3 is 0 Å². The van der Waals surface area contributed by atoms with Gasteiger partial charge in [-0.25, -0.2) is 0 Å². The van der Waals surface area contributed by atoms with E-state index in [4.69, 9.17) is 0 Å². The van der Waals surface area contributed by atoms with Gasteiger partial charge in [-0.1, -0.05) is 6.92 Å². The van der Waals surface area contributed by atoms with Gasteiger partial charge in [0, 0.05) is 6.20 Å². The van der Waals surface area contributed by atoms with E-state index >= 15 is 0 Å². The Labute approximate surface area is 116 Å². The molecule has 1 fully saturated rings. The van der Waals surface area contributed by atoms with Gasteiger partial charge in [0.25, 0.3) is 0 Å². The van der Waals surface area contributed by atoms with Gasteiger partial charge in [0.15, 0.2) is 0 Å². The Kier molecular flexibility index (Phi) is 4.05. The minimum absolute atomic E-state index is 0.425. The Morgan fingerprint density at radius 2 is 2.47 bits per heavy atom. The van der Waals surface area contributed by atoms with Crippen molar-refractivity contribution in [2.24, 2.45) is 5.92 Å². The van der Waals surface area contributed by atoms with E-state index in [1.165, 1.54) is 0 Å². The van der Waals surface area contributed by atoms with Crippen molar-refractivity contribution in [3.63, 3.8) is 0 Å². The van der Waals surface area contributed by atoms with Crippen LogP contribution in [-0.4, -0.2) is 21.9 Å². The third-order valence-corrected chi connectivity index (χ3v) is 3.73. The average molecular weight is 344 g/mol. The predicted octanol–water partition coefficient (Wildman–Crippen LogP) is 2.16. The zero-order chi connectivity index (χ0) is 12.3. The molecule has 17 heavy (non-hydrogen) atoms. The summed E-state index contributed by atoms with van der Waals surface area (Å²) in [5, 5.41) is 17.2. The molecule has 0 saturated heterocycles. The molecule has 0 bridgehead atoms. The second-order valence-electron chi connectivity index (χ2n) is 4.64. The molecule has 1 aromatic rings. The summed E-state index contributed by atoms with van der Waals surface area (Å²) in [6.45, 7) is 3.67. The molecule has 4 nitrogen and oxygen atoms in total. The van der Waals surface area contributed by atoms with Crippen molar-refractivity contribution in [2.75, 3.05) is 6.54 Å². The highest BCUT2D eigenvalue weighted by Gasteiger charge is 2.45. The number of hydrogen-bond donors (Lipinski definition) is 1. The lowest BCUT2D eigenvalue weighted by molar-refractivity contribution is 0.306. The van der Waals surface area contributed by atoms with Crippen molar-refractivity contribution in [3.05, 3.63) is 16.0 Å². The van der Waals surface area contributed by atoms with Crippen LogP contribution in [0.1, 0.15) is 26.2 Å². The maximum atomic E-state index is 9.53. The van der Waals surface area contributed by atoms with E-state index in [1.807, 2.05) is 17.1 Å². The minimum Gasteiger partial charge on any atom is -0.298 e. The molecular formula is C12H17IN4. The van der Waals surface area contributed by atoms with Crippen LogP contribution in [0.15, 0.2) is 12.4 Å². The number of nitrogens with one attached hydrogen (secondary N) is 1. The first-order valence-corrected chi connectivity index (χ1v) is 7.12. The largest absolute Gasteiger partial charge is 0.298 e. The zero-order valence-corrected chi connectivity index (χ0v) is 12.1. The van der Waals surface area contributed by atoms with Gasteiger partial charge in [-0.15, -0.1) is 0 Å². The van der Waals surface area contributed by atoms with Crippen LogP contribution in [0.5, 0.6) is 0 Å². The molecule has 0 amide bonds. The molecule has 1 aliphatic rings. The molecule has 1 saturated carbocycles. The molecule has 1 aromatic heterocycles. The third kappa shape index (κ3) is 2.99. The van der Waals surface area contributed by atoms with Crippen LogP contribution in [0.25, 0.3) is 0 Å². The average Bonchev–Trinajstić information content (AvgIpc) is 3.10. The molecule has 0 aliphatic heterocycles. The maximum absolute atomic E-state index is 9.53. The van der Waals surface area contributed by atoms with Crippen LogP contribution in [0.3, 0.4) is 0 Å². The lowest BCUT2D eigenvalue weighted by Crippen LogP contribution is -2.50. The first-order chi connectivity index (χ1) is 8.20. The molecule has 1 unspecified atom stereocenters. The summed E-state index contributed by atoms with van der Waals surface area (Å²) >= 11 is 2.24. The number of nitriles is 1. The minimum atomic E-state index is -0.425. The highest BCUT2D eigenvalue weighted by atomic mass is 127. The normalized spacial score (nSPS) is 18.6. The van der Waals surface area contributed by atoms with E-state index in [-0.39, 0.29) is 0 Å². The Morgan fingerprint density at radius 3 is 2.94 bits per heavy atom. The molecule has 5 heteroatoms. The second kappa shape index (κ2) is 5.36. The van der Waals surface area contributed by atoms with E-state index in [2.05, 4.69) is 46.0 Å². The van der Waals surface area contributed by atoms with Gasteiger partial charge in [-0.05, 0) is 54.3 Å². The fourth-order valence-corrected chi connectivity index (χ4v) is 2.55. The molecule has 0 aromatic carbocycles. The van der Waals surface area contributed by atoms with Crippen molar-refractivity contribution in [3.8, 4) is 6.07 Å². The van der Waals surface area contributed by atoms with E-state index in [1.54, 1.807) is 0 Å². The van der Waals surface area contributed by atoms with Crippen molar-refractivity contribution >= 4 is 22.6 Å². The highest BCUT2D eigenvalue weighted by molar-refractivity contribution is 14.1. The van der Waals surface area contributed by atoms with Crippen molar-refractivity contribution in [2.45, 2.75) is 38.3 Å². The maximum Gasteiger partial charge on any atom is 0.129 e. The van der Waals surface area contributed by atoms with Crippen molar-refractivity contribution in [1.29, 1.82) is 5.26 Å². The second-order valence-corrected chi connectivity index (χ2v) is 5.89. The first-order valence-electron chi connectivity index (χ1n) is 6.04. The summed E-state index contributed by atoms with van der Waals surface area (Å²) in [6.07, 6.45) is 7.18. The van der Waals surface area contributed by atoms with Gasteiger partial charge >= 0.3 is 0 Å². The molecule has 92 valence electrons. The van der Waals surface area contributed by atoms with Crippen LogP contribution in [0.4, 0.5) is 0 Å². The summed E-state index contributed by atoms with van der Waals surface area (Å²) in [4.78, 5) is 0. The Morgan fingerprint density at radius 1 is 1.71 bits per heavy atom. The first kappa shape index (κ1) is 12.8. The topological polar surface area (TPSA) is 53.6 Å². The number of rotatable bonds is 6. The van der Waals surface area contributed by atoms with Gasteiger partial charge in [0.05, 0.1) is 22.4 Å². The Hall–Kier alpha value is -0.610. The van der Waals surface area contributed by atoms with Crippen LogP contribution >= 0.6 is 22.6 Å². The molecule has 1 heterocycles. The zero-order valence-electron chi connectivity index (χ0n) is 9.99. The number of halogens is 1. The van der Waals surface area contributed by atoms with Crippen molar-refractivity contribution < 1.29 is 0 Å². The molecule has 1 atom stereocenters. The van der Waals surface area contributed by atoms with E-state index < -0.39 is 5.54 Å². The molecule has 0 spiro atoms. The summed E-state index contributed by atoms with van der Waals surface area (Å²) in [7, 11) is 0. The molecular weight excluding hydrogens is 327 g/mol. The van der Waals surface area contributed by atoms with Crippen LogP contribution in [-0.2, 0) is 6.54 Å². The van der Waals surface area contributed by atoms with Crippen LogP contribution in [0, 0.1) is 20.8 Å². The molecule has 2 rings (SSSR count). The summed E-state index contributed by atoms with van der Waals surface area (Å²) < 4.78 is 2.99. The fourth-order valence-electron chi connectivity index (χ4n) is 2.10. The lowest BCUT2D eigenvalue weighted by Gasteiger charge is -2.27. The smallest absolute Gasteiger partial charge is 0.129 e. The van der Waals surface area contributed by atoms with Crippen molar-refractivity contribution in [1.82, 2.24) is 15.1 Å². The van der Waals surface area contributed by atoms with Crippen LogP contribution in [0.2, 0.25) is 0 Å². The van der Waals surface area contributed by atoms with E-state index in [0.717, 1.165) is 29.4 Å². The molecule has 1 N–H and O–H groups in total. The number of nitrogens with zero attached hydrogens (tertiary/aromatic N) is 3. The van der Waals surface area contributed by atoms with E-state index in [0.29, 0.717) is 12.5 Å². The van der Waals surface area contributed by atoms with Gasteiger partial charge in [0.1, 0.15) is 5.54 Å². The SMILES string of the molecule is CCCNC(C#N)(Cn1cc(I)cn1)C1CC1. The highest BCUT2D eigenvalue weighted by Crippen LogP contribution is 2.40. The van der Waals surface area contributed by atoms with Gasteiger partial charge in [-0.3, -0.25) is 10.00 Å². The molecule has 0 radical (unpaired) electrons. The number of aromatic nitrogens is 2. The molecule has 1 aliphatic carbocycles. The Balaban J connectivity index is 2.12. The summed E-state index contributed by atoms with van der Waals surface area (Å²) in [6, 6.07) is 2.50. The predicted molar refractivity (Wildman–Crippen MR) is 74.3 cm³/mol. The Bertz CT molecular complexity index is 418. The van der Waals surface area contributed by atoms with Gasteiger partial charge in [-0.2, -0.15) is 10.4 Å². The monoisotopic (exact) mass is 344 g/mol. The van der Waals surface area contributed by atoms with E-state index in [9.17, 15) is 5.26 Å². The summed E-state index contributed by atoms with van der Waals surface area (Å²) in [5.41, 5.74) is -0.425. The quantitative estimate of drug-likeness (QED) is 0.805. The fraction of sp³-hybridized carbons (Fsp3) is 0.667. The number of hydrogen-bond acceptors (Lipinski definition) is 3.